The van der Waals surface area contributed by atoms with Gasteiger partial charge in [-0.25, -0.2) is 0 Å². The minimum absolute atomic E-state index is 0.0930. The lowest BCUT2D eigenvalue weighted by molar-refractivity contribution is -0.118. The molecule has 1 unspecified atom stereocenters. The lowest BCUT2D eigenvalue weighted by Gasteiger charge is -2.33. The Balaban J connectivity index is 1.87. The van der Waals surface area contributed by atoms with Crippen LogP contribution in [0.1, 0.15) is 44.7 Å². The smallest absolute Gasteiger partial charge is 0.240 e. The molecular formula is C14H23N3O3. The zero-order chi connectivity index (χ0) is 14.5. The van der Waals surface area contributed by atoms with E-state index in [1.165, 1.54) is 0 Å². The number of carbonyl (C=O) groups is 1. The van der Waals surface area contributed by atoms with Crippen molar-refractivity contribution in [1.29, 1.82) is 0 Å². The third-order valence-electron chi connectivity index (χ3n) is 3.69. The van der Waals surface area contributed by atoms with Crippen LogP contribution in [0, 0.1) is 0 Å². The molecule has 0 radical (unpaired) electrons. The van der Waals surface area contributed by atoms with Crippen molar-refractivity contribution < 1.29 is 14.4 Å². The van der Waals surface area contributed by atoms with E-state index in [1.54, 1.807) is 6.07 Å². The molecular weight excluding hydrogens is 258 g/mol. The van der Waals surface area contributed by atoms with Crippen LogP contribution in [-0.4, -0.2) is 46.8 Å². The number of aliphatic hydroxyl groups is 1. The Labute approximate surface area is 119 Å². The van der Waals surface area contributed by atoms with Crippen LogP contribution in [0.3, 0.4) is 0 Å². The summed E-state index contributed by atoms with van der Waals surface area (Å²) in [5.74, 6) is 0.526. The Morgan fingerprint density at radius 3 is 3.05 bits per heavy atom. The molecule has 1 aliphatic heterocycles. The third kappa shape index (κ3) is 3.80. The molecule has 1 fully saturated rings. The molecule has 1 aromatic heterocycles. The predicted molar refractivity (Wildman–Crippen MR) is 75.5 cm³/mol. The van der Waals surface area contributed by atoms with Gasteiger partial charge in [-0.05, 0) is 25.3 Å². The van der Waals surface area contributed by atoms with Gasteiger partial charge in [0.25, 0.3) is 0 Å². The molecule has 0 spiro atoms. The average molecular weight is 281 g/mol. The van der Waals surface area contributed by atoms with Crippen molar-refractivity contribution in [3.63, 3.8) is 0 Å². The van der Waals surface area contributed by atoms with Gasteiger partial charge >= 0.3 is 0 Å². The molecule has 2 rings (SSSR count). The Morgan fingerprint density at radius 1 is 1.60 bits per heavy atom. The first-order chi connectivity index (χ1) is 9.60. The number of aromatic nitrogens is 1. The molecule has 112 valence electrons. The highest BCUT2D eigenvalue weighted by Gasteiger charge is 2.23. The van der Waals surface area contributed by atoms with E-state index < -0.39 is 0 Å². The molecule has 1 amide bonds. The van der Waals surface area contributed by atoms with Gasteiger partial charge in [0.05, 0.1) is 18.8 Å². The Bertz CT molecular complexity index is 445. The molecule has 1 saturated heterocycles. The number of anilines is 1. The first-order valence-corrected chi connectivity index (χ1v) is 7.21. The fourth-order valence-electron chi connectivity index (χ4n) is 2.46. The summed E-state index contributed by atoms with van der Waals surface area (Å²) in [6.07, 6.45) is 3.14. The molecule has 6 heteroatoms. The summed E-state index contributed by atoms with van der Waals surface area (Å²) in [6, 6.07) is 1.85. The molecule has 1 aromatic rings. The highest BCUT2D eigenvalue weighted by atomic mass is 16.5. The fraction of sp³-hybridized carbons (Fsp3) is 0.714. The van der Waals surface area contributed by atoms with E-state index in [1.807, 2.05) is 18.7 Å². The molecule has 0 aliphatic carbocycles. The van der Waals surface area contributed by atoms with E-state index in [0.29, 0.717) is 5.88 Å². The van der Waals surface area contributed by atoms with Gasteiger partial charge in [0.15, 0.2) is 0 Å². The number of amides is 1. The van der Waals surface area contributed by atoms with Crippen LogP contribution in [0.15, 0.2) is 10.6 Å². The number of hydrogen-bond acceptors (Lipinski definition) is 5. The lowest BCUT2D eigenvalue weighted by Crippen LogP contribution is -2.45. The van der Waals surface area contributed by atoms with Gasteiger partial charge in [0, 0.05) is 12.1 Å². The summed E-state index contributed by atoms with van der Waals surface area (Å²) in [4.78, 5) is 14.0. The maximum absolute atomic E-state index is 12.0. The Kier molecular flexibility index (Phi) is 5.14. The van der Waals surface area contributed by atoms with E-state index in [0.717, 1.165) is 31.5 Å². The molecule has 2 heterocycles. The van der Waals surface area contributed by atoms with E-state index in [9.17, 15) is 9.90 Å². The molecule has 6 nitrogen and oxygen atoms in total. The van der Waals surface area contributed by atoms with Gasteiger partial charge in [0.1, 0.15) is 0 Å². The number of nitrogens with zero attached hydrogens (tertiary/aromatic N) is 2. The van der Waals surface area contributed by atoms with Crippen molar-refractivity contribution in [3.8, 4) is 0 Å². The number of aliphatic hydroxyl groups excluding tert-OH is 1. The molecule has 20 heavy (non-hydrogen) atoms. The van der Waals surface area contributed by atoms with Crippen molar-refractivity contribution in [2.24, 2.45) is 0 Å². The molecule has 0 bridgehead atoms. The SMILES string of the molecule is CC(C)c1cc(NC(=O)CN2CCCCC2CO)on1. The minimum Gasteiger partial charge on any atom is -0.395 e. The molecule has 0 saturated carbocycles. The third-order valence-corrected chi connectivity index (χ3v) is 3.69. The van der Waals surface area contributed by atoms with E-state index in [4.69, 9.17) is 4.52 Å². The largest absolute Gasteiger partial charge is 0.395 e. The van der Waals surface area contributed by atoms with Gasteiger partial charge in [-0.2, -0.15) is 0 Å². The first-order valence-electron chi connectivity index (χ1n) is 7.21. The average Bonchev–Trinajstić information content (AvgIpc) is 2.88. The maximum Gasteiger partial charge on any atom is 0.240 e. The van der Waals surface area contributed by atoms with E-state index >= 15 is 0 Å². The van der Waals surface area contributed by atoms with Gasteiger partial charge in [-0.15, -0.1) is 0 Å². The van der Waals surface area contributed by atoms with Gasteiger partial charge in [0.2, 0.25) is 11.8 Å². The number of likely N-dealkylation sites (tertiary alicyclic amines) is 1. The Hall–Kier alpha value is -1.40. The summed E-state index contributed by atoms with van der Waals surface area (Å²) in [6.45, 7) is 5.27. The van der Waals surface area contributed by atoms with Crippen LogP contribution in [0.5, 0.6) is 0 Å². The topological polar surface area (TPSA) is 78.6 Å². The summed E-state index contributed by atoms with van der Waals surface area (Å²) >= 11 is 0. The van der Waals surface area contributed by atoms with Crippen molar-refractivity contribution in [2.45, 2.75) is 45.1 Å². The van der Waals surface area contributed by atoms with Gasteiger partial charge in [-0.3, -0.25) is 15.0 Å². The fourth-order valence-corrected chi connectivity index (χ4v) is 2.46. The van der Waals surface area contributed by atoms with Crippen LogP contribution in [0.25, 0.3) is 0 Å². The number of rotatable bonds is 5. The van der Waals surface area contributed by atoms with Crippen LogP contribution >= 0.6 is 0 Å². The quantitative estimate of drug-likeness (QED) is 0.856. The van der Waals surface area contributed by atoms with Crippen molar-refractivity contribution in [1.82, 2.24) is 10.1 Å². The van der Waals surface area contributed by atoms with Crippen LogP contribution in [0.4, 0.5) is 5.88 Å². The number of nitrogens with one attached hydrogen (secondary N) is 1. The summed E-state index contributed by atoms with van der Waals surface area (Å²) in [5, 5.41) is 15.9. The lowest BCUT2D eigenvalue weighted by atomic mass is 10.0. The molecule has 1 aliphatic rings. The summed E-state index contributed by atoms with van der Waals surface area (Å²) in [5.41, 5.74) is 0.825. The highest BCUT2D eigenvalue weighted by molar-refractivity contribution is 5.91. The normalized spacial score (nSPS) is 20.3. The molecule has 0 aromatic carbocycles. The van der Waals surface area contributed by atoms with Crippen molar-refractivity contribution >= 4 is 11.8 Å². The van der Waals surface area contributed by atoms with Gasteiger partial charge < -0.3 is 9.63 Å². The number of hydrogen-bond donors (Lipinski definition) is 2. The monoisotopic (exact) mass is 281 g/mol. The molecule has 1 atom stereocenters. The van der Waals surface area contributed by atoms with Crippen LogP contribution in [-0.2, 0) is 4.79 Å². The van der Waals surface area contributed by atoms with Crippen molar-refractivity contribution in [3.05, 3.63) is 11.8 Å². The second-order valence-corrected chi connectivity index (χ2v) is 5.62. The second-order valence-electron chi connectivity index (χ2n) is 5.62. The van der Waals surface area contributed by atoms with Crippen molar-refractivity contribution in [2.75, 3.05) is 25.0 Å². The zero-order valence-electron chi connectivity index (χ0n) is 12.1. The first kappa shape index (κ1) is 15.0. The number of piperidine rings is 1. The summed E-state index contributed by atoms with van der Waals surface area (Å²) in [7, 11) is 0. The van der Waals surface area contributed by atoms with Gasteiger partial charge in [-0.1, -0.05) is 25.4 Å². The molecule has 2 N–H and O–H groups in total. The second kappa shape index (κ2) is 6.85. The van der Waals surface area contributed by atoms with Crippen LogP contribution in [0.2, 0.25) is 0 Å². The minimum atomic E-state index is -0.128. The standard InChI is InChI=1S/C14H23N3O3/c1-10(2)12-7-14(20-16-12)15-13(19)8-17-6-4-3-5-11(17)9-18/h7,10-11,18H,3-6,8-9H2,1-2H3,(H,15,19). The number of carbonyl (C=O) groups excluding carboxylic acids is 1. The maximum atomic E-state index is 12.0. The summed E-state index contributed by atoms with van der Waals surface area (Å²) < 4.78 is 5.09. The Morgan fingerprint density at radius 2 is 2.40 bits per heavy atom. The predicted octanol–water partition coefficient (Wildman–Crippen LogP) is 1.58. The zero-order valence-corrected chi connectivity index (χ0v) is 12.1. The van der Waals surface area contributed by atoms with E-state index in [-0.39, 0.29) is 31.0 Å². The van der Waals surface area contributed by atoms with Crippen LogP contribution < -0.4 is 5.32 Å². The van der Waals surface area contributed by atoms with E-state index in [2.05, 4.69) is 10.5 Å². The highest BCUT2D eigenvalue weighted by Crippen LogP contribution is 2.19.